The molecule has 0 spiro atoms. The molecule has 4 N–H and O–H groups in total. The number of aryl methyl sites for hydroxylation is 1. The first kappa shape index (κ1) is 29.8. The number of methoxy groups -OCH3 is 1. The fourth-order valence-corrected chi connectivity index (χ4v) is 3.95. The van der Waals surface area contributed by atoms with Crippen molar-refractivity contribution in [3.8, 4) is 5.82 Å². The summed E-state index contributed by atoms with van der Waals surface area (Å²) in [5.41, 5.74) is 7.57. The van der Waals surface area contributed by atoms with E-state index in [0.717, 1.165) is 21.6 Å². The Morgan fingerprint density at radius 2 is 1.90 bits per heavy atom. The smallest absolute Gasteiger partial charge is 0.436 e. The number of hydrazine groups is 1. The molecule has 18 heteroatoms. The third-order valence-corrected chi connectivity index (χ3v) is 5.92. The molecule has 0 radical (unpaired) electrons. The summed E-state index contributed by atoms with van der Waals surface area (Å²) in [6.07, 6.45) is -3.59. The molecule has 0 bridgehead atoms. The lowest BCUT2D eigenvalue weighted by Gasteiger charge is -2.19. The van der Waals surface area contributed by atoms with E-state index in [2.05, 4.69) is 35.8 Å². The Labute approximate surface area is 240 Å². The van der Waals surface area contributed by atoms with Crippen molar-refractivity contribution in [1.82, 2.24) is 40.2 Å². The van der Waals surface area contributed by atoms with Crippen molar-refractivity contribution in [2.45, 2.75) is 19.6 Å². The van der Waals surface area contributed by atoms with E-state index in [0.29, 0.717) is 11.8 Å². The van der Waals surface area contributed by atoms with Crippen LogP contribution in [0.3, 0.4) is 0 Å². The van der Waals surface area contributed by atoms with E-state index < -0.39 is 29.8 Å². The van der Waals surface area contributed by atoms with Gasteiger partial charge >= 0.3 is 12.3 Å². The number of carbonyl (C=O) groups excluding carboxylic acids is 3. The quantitative estimate of drug-likeness (QED) is 0.220. The summed E-state index contributed by atoms with van der Waals surface area (Å²) in [6.45, 7) is 1.26. The number of hydrogen-bond donors (Lipinski definition) is 3. The van der Waals surface area contributed by atoms with Crippen LogP contribution in [-0.4, -0.2) is 66.8 Å². The number of hydrogen-bond acceptors (Lipinski definition) is 9. The monoisotopic (exact) mass is 606 g/mol. The Morgan fingerprint density at radius 3 is 2.55 bits per heavy atom. The van der Waals surface area contributed by atoms with Gasteiger partial charge in [0.2, 0.25) is 0 Å². The number of ether oxygens (including phenoxy) is 1. The van der Waals surface area contributed by atoms with Gasteiger partial charge in [-0.3, -0.25) is 15.0 Å². The lowest BCUT2D eigenvalue weighted by molar-refractivity contribution is -0.141. The van der Waals surface area contributed by atoms with Gasteiger partial charge in [0, 0.05) is 18.9 Å². The van der Waals surface area contributed by atoms with Crippen LogP contribution in [0.15, 0.2) is 42.7 Å². The Morgan fingerprint density at radius 1 is 1.17 bits per heavy atom. The van der Waals surface area contributed by atoms with Crippen LogP contribution >= 0.6 is 11.6 Å². The number of anilines is 2. The van der Waals surface area contributed by atoms with Crippen LogP contribution in [0, 0.1) is 6.92 Å². The van der Waals surface area contributed by atoms with Crippen LogP contribution in [-0.2, 0) is 17.5 Å². The van der Waals surface area contributed by atoms with E-state index in [9.17, 15) is 27.6 Å². The van der Waals surface area contributed by atoms with E-state index in [-0.39, 0.29) is 45.7 Å². The maximum absolute atomic E-state index is 13.6. The molecule has 0 aliphatic rings. The molecule has 3 heterocycles. The number of alkyl halides is 3. The van der Waals surface area contributed by atoms with Crippen molar-refractivity contribution in [2.75, 3.05) is 25.2 Å². The number of amides is 3. The van der Waals surface area contributed by atoms with Gasteiger partial charge in [-0.1, -0.05) is 11.6 Å². The van der Waals surface area contributed by atoms with Gasteiger partial charge in [0.05, 0.1) is 35.3 Å². The van der Waals surface area contributed by atoms with Gasteiger partial charge in [0.15, 0.2) is 11.5 Å². The molecule has 0 saturated carbocycles. The van der Waals surface area contributed by atoms with Crippen molar-refractivity contribution in [2.24, 2.45) is 0 Å². The summed E-state index contributed by atoms with van der Waals surface area (Å²) in [7, 11) is 2.38. The highest BCUT2D eigenvalue weighted by atomic mass is 35.5. The summed E-state index contributed by atoms with van der Waals surface area (Å²) in [5, 5.41) is 14.9. The van der Waals surface area contributed by atoms with Crippen LogP contribution in [0.4, 0.5) is 29.3 Å². The summed E-state index contributed by atoms with van der Waals surface area (Å²) < 4.78 is 44.6. The Hall–Kier alpha value is -5.19. The number of benzene rings is 1. The first-order valence-corrected chi connectivity index (χ1v) is 12.2. The number of rotatable bonds is 6. The summed E-state index contributed by atoms with van der Waals surface area (Å²) in [5.74, 6) is -1.53. The van der Waals surface area contributed by atoms with Gasteiger partial charge in [0.1, 0.15) is 12.2 Å². The molecule has 4 aromatic rings. The lowest BCUT2D eigenvalue weighted by Crippen LogP contribution is -2.43. The number of nitrogens with two attached hydrogens (primary N) is 1. The minimum Gasteiger partial charge on any atom is -0.452 e. The molecule has 0 atom stereocenters. The number of halogens is 4. The molecule has 0 saturated heterocycles. The van der Waals surface area contributed by atoms with E-state index in [4.69, 9.17) is 17.3 Å². The van der Waals surface area contributed by atoms with Gasteiger partial charge in [-0.15, -0.1) is 5.10 Å². The summed E-state index contributed by atoms with van der Waals surface area (Å²) in [4.78, 5) is 43.3. The van der Waals surface area contributed by atoms with E-state index in [1.54, 1.807) is 13.0 Å². The zero-order valence-electron chi connectivity index (χ0n) is 22.1. The van der Waals surface area contributed by atoms with E-state index in [1.165, 1.54) is 37.5 Å². The van der Waals surface area contributed by atoms with Crippen LogP contribution < -0.4 is 16.5 Å². The second-order valence-corrected chi connectivity index (χ2v) is 9.09. The van der Waals surface area contributed by atoms with Gasteiger partial charge in [-0.05, 0) is 42.8 Å². The second kappa shape index (κ2) is 11.7. The van der Waals surface area contributed by atoms with Crippen molar-refractivity contribution < 1.29 is 32.3 Å². The number of nitrogens with one attached hydrogen (secondary N) is 2. The fraction of sp³-hybridized carbons (Fsp3) is 0.208. The van der Waals surface area contributed by atoms with Gasteiger partial charge < -0.3 is 15.8 Å². The Balaban J connectivity index is 1.72. The fourth-order valence-electron chi connectivity index (χ4n) is 3.74. The molecule has 0 unspecified atom stereocenters. The third kappa shape index (κ3) is 6.41. The summed E-state index contributed by atoms with van der Waals surface area (Å²) in [6, 6.07) is 7.14. The number of pyridine rings is 1. The molecule has 3 aromatic heterocycles. The zero-order chi connectivity index (χ0) is 30.8. The maximum Gasteiger partial charge on any atom is 0.436 e. The van der Waals surface area contributed by atoms with Crippen LogP contribution in [0.5, 0.6) is 0 Å². The molecule has 3 amide bonds. The highest BCUT2D eigenvalue weighted by molar-refractivity contribution is 6.32. The molecule has 220 valence electrons. The highest BCUT2D eigenvalue weighted by Crippen LogP contribution is 2.28. The molecule has 0 aliphatic heterocycles. The molecule has 14 nitrogen and oxygen atoms in total. The molecular formula is C24H22ClF3N10O4. The van der Waals surface area contributed by atoms with E-state index >= 15 is 0 Å². The highest BCUT2D eigenvalue weighted by Gasteiger charge is 2.34. The third-order valence-electron chi connectivity index (χ3n) is 5.62. The van der Waals surface area contributed by atoms with E-state index in [1.807, 2.05) is 0 Å². The van der Waals surface area contributed by atoms with Crippen LogP contribution in [0.2, 0.25) is 5.02 Å². The first-order valence-electron chi connectivity index (χ1n) is 11.8. The SMILES string of the molecule is COC(=O)N(C)NC(=O)c1cc(N)cc(C)c1NC(=O)c1cc(Cn2ncc(C(F)(F)F)n2)nn1-c1ncccc1Cl. The second-order valence-electron chi connectivity index (χ2n) is 8.68. The predicted octanol–water partition coefficient (Wildman–Crippen LogP) is 3.07. The number of nitrogens with zero attached hydrogens (tertiary/aromatic N) is 7. The molecule has 1 aromatic carbocycles. The lowest BCUT2D eigenvalue weighted by atomic mass is 10.1. The molecule has 0 aliphatic carbocycles. The predicted molar refractivity (Wildman–Crippen MR) is 142 cm³/mol. The van der Waals surface area contributed by atoms with Crippen LogP contribution in [0.25, 0.3) is 5.82 Å². The largest absolute Gasteiger partial charge is 0.452 e. The minimum atomic E-state index is -4.70. The van der Waals surface area contributed by atoms with Crippen molar-refractivity contribution in [3.05, 3.63) is 76.0 Å². The van der Waals surface area contributed by atoms with Crippen molar-refractivity contribution in [3.63, 3.8) is 0 Å². The zero-order valence-corrected chi connectivity index (χ0v) is 22.9. The van der Waals surface area contributed by atoms with Gasteiger partial charge in [0.25, 0.3) is 11.8 Å². The average molecular weight is 607 g/mol. The average Bonchev–Trinajstić information content (AvgIpc) is 3.57. The maximum atomic E-state index is 13.6. The van der Waals surface area contributed by atoms with Gasteiger partial charge in [-0.2, -0.15) is 28.2 Å². The topological polar surface area (TPSA) is 175 Å². The number of carbonyl (C=O) groups is 3. The minimum absolute atomic E-state index is 0.0478. The normalized spacial score (nSPS) is 11.2. The van der Waals surface area contributed by atoms with Crippen molar-refractivity contribution >= 4 is 40.9 Å². The standard InChI is InChI=1S/C24H22ClF3N10O4/c1-12-7-13(29)8-15(21(39)35-36(2)23(41)42-3)19(12)32-22(40)17-9-14(11-37-31-10-18(34-37)24(26,27)28)33-38(17)20-16(25)5-4-6-30-20/h4-10H,11,29H2,1-3H3,(H,32,40)(H,35,39). The molecular weight excluding hydrogens is 585 g/mol. The molecule has 4 rings (SSSR count). The van der Waals surface area contributed by atoms with Crippen molar-refractivity contribution in [1.29, 1.82) is 0 Å². The Kier molecular flexibility index (Phi) is 8.32. The summed E-state index contributed by atoms with van der Waals surface area (Å²) >= 11 is 6.29. The number of nitrogen functional groups attached to an aromatic ring is 1. The Bertz CT molecular complexity index is 1670. The van der Waals surface area contributed by atoms with Gasteiger partial charge in [-0.25, -0.2) is 19.5 Å². The van der Waals surface area contributed by atoms with Crippen LogP contribution in [0.1, 0.15) is 37.8 Å². The first-order chi connectivity index (χ1) is 19.8. The molecule has 42 heavy (non-hydrogen) atoms. The number of aromatic nitrogens is 6. The molecule has 0 fully saturated rings.